The van der Waals surface area contributed by atoms with Crippen LogP contribution in [0.4, 0.5) is 11.6 Å². The highest BCUT2D eigenvalue weighted by molar-refractivity contribution is 6.30. The average molecular weight is 423 g/mol. The van der Waals surface area contributed by atoms with Gasteiger partial charge in [-0.05, 0) is 55.3 Å². The summed E-state index contributed by atoms with van der Waals surface area (Å²) in [6, 6.07) is 16.9. The highest BCUT2D eigenvalue weighted by atomic mass is 35.5. The molecule has 4 rings (SSSR count). The lowest BCUT2D eigenvalue weighted by Gasteiger charge is -2.24. The van der Waals surface area contributed by atoms with Crippen LogP contribution in [0.15, 0.2) is 60.8 Å². The number of carbonyl (C=O) groups excluding carboxylic acids is 1. The quantitative estimate of drug-likeness (QED) is 0.618. The van der Waals surface area contributed by atoms with Crippen molar-refractivity contribution in [3.63, 3.8) is 0 Å². The minimum Gasteiger partial charge on any atom is -0.383 e. The molecule has 6 nitrogen and oxygen atoms in total. The van der Waals surface area contributed by atoms with Crippen molar-refractivity contribution in [1.29, 1.82) is 0 Å². The third-order valence-corrected chi connectivity index (χ3v) is 5.43. The van der Waals surface area contributed by atoms with Crippen LogP contribution < -0.4 is 5.32 Å². The van der Waals surface area contributed by atoms with E-state index >= 15 is 0 Å². The summed E-state index contributed by atoms with van der Waals surface area (Å²) in [6.07, 6.45) is 3.71. The molecule has 1 aliphatic heterocycles. The van der Waals surface area contributed by atoms with Crippen LogP contribution in [0.25, 0.3) is 11.3 Å². The van der Waals surface area contributed by atoms with Gasteiger partial charge in [0.2, 0.25) is 5.95 Å². The second-order valence-electron chi connectivity index (χ2n) is 7.22. The Hall–Kier alpha value is -2.96. The van der Waals surface area contributed by atoms with Crippen molar-refractivity contribution in [2.24, 2.45) is 0 Å². The third kappa shape index (κ3) is 4.61. The Morgan fingerprint density at radius 2 is 1.93 bits per heavy atom. The lowest BCUT2D eigenvalue weighted by Crippen LogP contribution is -2.38. The van der Waals surface area contributed by atoms with Crippen LogP contribution in [0.1, 0.15) is 23.2 Å². The van der Waals surface area contributed by atoms with Gasteiger partial charge in [-0.2, -0.15) is 0 Å². The Morgan fingerprint density at radius 1 is 1.17 bits per heavy atom. The highest BCUT2D eigenvalue weighted by Gasteiger charge is 2.29. The average Bonchev–Trinajstić information content (AvgIpc) is 3.23. The number of amides is 1. The van der Waals surface area contributed by atoms with Gasteiger partial charge in [-0.15, -0.1) is 0 Å². The van der Waals surface area contributed by atoms with E-state index in [2.05, 4.69) is 15.3 Å². The van der Waals surface area contributed by atoms with Crippen LogP contribution in [0, 0.1) is 0 Å². The predicted octanol–water partition coefficient (Wildman–Crippen LogP) is 4.79. The standard InChI is InChI=1S/C23H23ClN4O2/c1-30-15-20-3-2-14-28(20)22(29)17-6-10-19(11-7-17)26-23-25-13-12-21(27-23)16-4-8-18(24)9-5-16/h4-13,20H,2-3,14-15H2,1H3,(H,25,26,27). The SMILES string of the molecule is COCC1CCCN1C(=O)c1ccc(Nc2nccc(-c3ccc(Cl)cc3)n2)cc1. The molecule has 30 heavy (non-hydrogen) atoms. The molecule has 1 aromatic heterocycles. The molecule has 0 radical (unpaired) electrons. The topological polar surface area (TPSA) is 67.3 Å². The lowest BCUT2D eigenvalue weighted by atomic mass is 10.1. The number of hydrogen-bond donors (Lipinski definition) is 1. The van der Waals surface area contributed by atoms with Crippen molar-refractivity contribution in [2.75, 3.05) is 25.6 Å². The minimum atomic E-state index is 0.0436. The number of hydrogen-bond acceptors (Lipinski definition) is 5. The van der Waals surface area contributed by atoms with E-state index in [0.29, 0.717) is 23.1 Å². The molecule has 0 spiro atoms. The molecule has 0 saturated carbocycles. The summed E-state index contributed by atoms with van der Waals surface area (Å²) in [5.74, 6) is 0.531. The van der Waals surface area contributed by atoms with Crippen molar-refractivity contribution < 1.29 is 9.53 Å². The number of nitrogens with zero attached hydrogens (tertiary/aromatic N) is 3. The van der Waals surface area contributed by atoms with Crippen molar-refractivity contribution >= 4 is 29.1 Å². The largest absolute Gasteiger partial charge is 0.383 e. The second kappa shape index (κ2) is 9.24. The van der Waals surface area contributed by atoms with Crippen molar-refractivity contribution in [1.82, 2.24) is 14.9 Å². The Bertz CT molecular complexity index is 1010. The molecule has 1 amide bonds. The maximum atomic E-state index is 12.8. The minimum absolute atomic E-state index is 0.0436. The molecule has 1 fully saturated rings. The second-order valence-corrected chi connectivity index (χ2v) is 7.66. The van der Waals surface area contributed by atoms with Gasteiger partial charge in [0.25, 0.3) is 5.91 Å². The molecule has 154 valence electrons. The van der Waals surface area contributed by atoms with Gasteiger partial charge in [-0.1, -0.05) is 23.7 Å². The van der Waals surface area contributed by atoms with Crippen molar-refractivity contribution in [3.8, 4) is 11.3 Å². The fourth-order valence-electron chi connectivity index (χ4n) is 3.66. The van der Waals surface area contributed by atoms with Gasteiger partial charge in [-0.25, -0.2) is 9.97 Å². The van der Waals surface area contributed by atoms with Crippen LogP contribution in [-0.2, 0) is 4.74 Å². The van der Waals surface area contributed by atoms with E-state index in [1.807, 2.05) is 59.5 Å². The molecular formula is C23H23ClN4O2. The summed E-state index contributed by atoms with van der Waals surface area (Å²) in [5.41, 5.74) is 3.24. The number of rotatable bonds is 6. The van der Waals surface area contributed by atoms with E-state index in [9.17, 15) is 4.79 Å². The molecule has 1 unspecified atom stereocenters. The fraction of sp³-hybridized carbons (Fsp3) is 0.261. The van der Waals surface area contributed by atoms with Crippen LogP contribution in [0.3, 0.4) is 0 Å². The summed E-state index contributed by atoms with van der Waals surface area (Å²) in [5, 5.41) is 3.88. The maximum Gasteiger partial charge on any atom is 0.254 e. The summed E-state index contributed by atoms with van der Waals surface area (Å²) in [7, 11) is 1.67. The van der Waals surface area contributed by atoms with E-state index in [-0.39, 0.29) is 11.9 Å². The Labute approximate surface area is 180 Å². The molecule has 2 heterocycles. The zero-order valence-corrected chi connectivity index (χ0v) is 17.5. The molecule has 2 aromatic carbocycles. The number of halogens is 1. The number of carbonyl (C=O) groups is 1. The van der Waals surface area contributed by atoms with Gasteiger partial charge in [0.05, 0.1) is 18.3 Å². The predicted molar refractivity (Wildman–Crippen MR) is 118 cm³/mol. The van der Waals surface area contributed by atoms with Crippen molar-refractivity contribution in [3.05, 3.63) is 71.4 Å². The summed E-state index contributed by atoms with van der Waals surface area (Å²) in [6.45, 7) is 1.35. The van der Waals surface area contributed by atoms with E-state index in [1.165, 1.54) is 0 Å². The maximum absolute atomic E-state index is 12.8. The summed E-state index contributed by atoms with van der Waals surface area (Å²) < 4.78 is 5.25. The number of anilines is 2. The fourth-order valence-corrected chi connectivity index (χ4v) is 3.79. The molecule has 1 aliphatic rings. The van der Waals surface area contributed by atoms with Gasteiger partial charge < -0.3 is 15.0 Å². The first-order chi connectivity index (χ1) is 14.6. The Kier molecular flexibility index (Phi) is 6.26. The number of aromatic nitrogens is 2. The number of methoxy groups -OCH3 is 1. The summed E-state index contributed by atoms with van der Waals surface area (Å²) >= 11 is 5.96. The number of likely N-dealkylation sites (tertiary alicyclic amines) is 1. The molecule has 7 heteroatoms. The van der Waals surface area contributed by atoms with Crippen LogP contribution in [0.5, 0.6) is 0 Å². The van der Waals surface area contributed by atoms with Gasteiger partial charge in [0.15, 0.2) is 0 Å². The molecular weight excluding hydrogens is 400 g/mol. The first kappa shape index (κ1) is 20.3. The molecule has 0 aliphatic carbocycles. The van der Waals surface area contributed by atoms with E-state index < -0.39 is 0 Å². The van der Waals surface area contributed by atoms with Gasteiger partial charge >= 0.3 is 0 Å². The van der Waals surface area contributed by atoms with E-state index in [0.717, 1.165) is 36.3 Å². The first-order valence-electron chi connectivity index (χ1n) is 9.90. The number of ether oxygens (including phenoxy) is 1. The van der Waals surface area contributed by atoms with Gasteiger partial charge in [0.1, 0.15) is 0 Å². The zero-order chi connectivity index (χ0) is 20.9. The first-order valence-corrected chi connectivity index (χ1v) is 10.3. The van der Waals surface area contributed by atoms with Gasteiger partial charge in [0, 0.05) is 41.7 Å². The smallest absolute Gasteiger partial charge is 0.254 e. The Morgan fingerprint density at radius 3 is 2.67 bits per heavy atom. The molecule has 3 aromatic rings. The summed E-state index contributed by atoms with van der Waals surface area (Å²) in [4.78, 5) is 23.6. The van der Waals surface area contributed by atoms with Gasteiger partial charge in [-0.3, -0.25) is 4.79 Å². The molecule has 1 saturated heterocycles. The van der Waals surface area contributed by atoms with Crippen LogP contribution in [0.2, 0.25) is 5.02 Å². The lowest BCUT2D eigenvalue weighted by molar-refractivity contribution is 0.0630. The van der Waals surface area contributed by atoms with Crippen molar-refractivity contribution in [2.45, 2.75) is 18.9 Å². The highest BCUT2D eigenvalue weighted by Crippen LogP contribution is 2.23. The molecule has 0 bridgehead atoms. The van der Waals surface area contributed by atoms with Crippen LogP contribution >= 0.6 is 11.6 Å². The molecule has 1 atom stereocenters. The Balaban J connectivity index is 1.45. The van der Waals surface area contributed by atoms with Crippen LogP contribution in [-0.4, -0.2) is 47.1 Å². The normalized spacial score (nSPS) is 15.9. The number of benzene rings is 2. The molecule has 1 N–H and O–H groups in total. The zero-order valence-electron chi connectivity index (χ0n) is 16.7. The number of nitrogens with one attached hydrogen (secondary N) is 1. The van der Waals surface area contributed by atoms with E-state index in [4.69, 9.17) is 16.3 Å². The van der Waals surface area contributed by atoms with E-state index in [1.54, 1.807) is 13.3 Å². The monoisotopic (exact) mass is 422 g/mol. The third-order valence-electron chi connectivity index (χ3n) is 5.18.